The molecule has 2 fully saturated rings. The summed E-state index contributed by atoms with van der Waals surface area (Å²) in [4.78, 5) is 0. The van der Waals surface area contributed by atoms with Crippen molar-refractivity contribution in [3.8, 4) is 16.9 Å². The summed E-state index contributed by atoms with van der Waals surface area (Å²) in [5.41, 5.74) is -0.312. The van der Waals surface area contributed by atoms with Gasteiger partial charge >= 0.3 is 0 Å². The van der Waals surface area contributed by atoms with E-state index in [1.54, 1.807) is 23.5 Å². The molecule has 4 rings (SSSR count). The summed E-state index contributed by atoms with van der Waals surface area (Å²) in [7, 11) is 0. The highest BCUT2D eigenvalue weighted by atomic mass is 32.2. The van der Waals surface area contributed by atoms with Gasteiger partial charge in [0.25, 0.3) is 0 Å². The molecule has 0 aliphatic carbocycles. The van der Waals surface area contributed by atoms with E-state index >= 15 is 8.78 Å². The van der Waals surface area contributed by atoms with Crippen molar-refractivity contribution in [2.75, 3.05) is 23.9 Å². The molecule has 2 heterocycles. The Bertz CT molecular complexity index is 1090. The van der Waals surface area contributed by atoms with Crippen molar-refractivity contribution in [3.63, 3.8) is 0 Å². The van der Waals surface area contributed by atoms with E-state index < -0.39 is 23.3 Å². The molecule has 2 atom stereocenters. The molecule has 2 aliphatic rings. The molecule has 0 amide bonds. The van der Waals surface area contributed by atoms with E-state index in [0.717, 1.165) is 29.6 Å². The molecule has 0 N–H and O–H groups in total. The predicted molar refractivity (Wildman–Crippen MR) is 156 cm³/mol. The second-order valence-corrected chi connectivity index (χ2v) is 13.9. The van der Waals surface area contributed by atoms with Crippen LogP contribution >= 0.6 is 35.3 Å². The standard InChI is InChI=1S/C30H36F4OS3/c1-3-5-7-8-21-10-9-19(16-36-21)20-17-37-30(38-18-20)24-12-11-22(26(31)28(24)33)23-13-14-25(29(34)27(23)32)35-15-6-4-2/h3,5,11-14,19-21,30H,4,6-10,15-18H2,1-2H3/b5-3+/t19-,20?,21?,30?/m1/s1. The first-order chi connectivity index (χ1) is 18.4. The molecule has 2 saturated heterocycles. The van der Waals surface area contributed by atoms with Crippen LogP contribution in [0.15, 0.2) is 36.4 Å². The number of hydrogen-bond donors (Lipinski definition) is 0. The first-order valence-electron chi connectivity index (χ1n) is 13.5. The molecule has 1 nitrogen and oxygen atoms in total. The maximum atomic E-state index is 15.2. The Balaban J connectivity index is 1.37. The number of allylic oxidation sites excluding steroid dienone is 2. The lowest BCUT2D eigenvalue weighted by molar-refractivity contribution is 0.289. The molecule has 0 spiro atoms. The molecular formula is C30H36F4OS3. The Hall–Kier alpha value is -1.25. The third-order valence-corrected chi connectivity index (χ3v) is 12.1. The average Bonchev–Trinajstić information content (AvgIpc) is 2.94. The number of hydrogen-bond acceptors (Lipinski definition) is 4. The minimum absolute atomic E-state index is 0.212. The zero-order valence-corrected chi connectivity index (χ0v) is 24.4. The van der Waals surface area contributed by atoms with Crippen molar-refractivity contribution in [1.29, 1.82) is 0 Å². The van der Waals surface area contributed by atoms with E-state index in [2.05, 4.69) is 30.8 Å². The molecule has 2 aromatic carbocycles. The quantitative estimate of drug-likeness (QED) is 0.156. The summed E-state index contributed by atoms with van der Waals surface area (Å²) in [5.74, 6) is -0.477. The fourth-order valence-corrected chi connectivity index (χ4v) is 9.89. The molecular weight excluding hydrogens is 549 g/mol. The third kappa shape index (κ3) is 7.08. The van der Waals surface area contributed by atoms with Crippen molar-refractivity contribution in [1.82, 2.24) is 0 Å². The smallest absolute Gasteiger partial charge is 0.201 e. The summed E-state index contributed by atoms with van der Waals surface area (Å²) in [6.45, 7) is 4.29. The molecule has 2 aliphatic heterocycles. The lowest BCUT2D eigenvalue weighted by atomic mass is 9.91. The maximum absolute atomic E-state index is 15.2. The van der Waals surface area contributed by atoms with E-state index in [1.165, 1.54) is 49.3 Å². The minimum atomic E-state index is -1.23. The maximum Gasteiger partial charge on any atom is 0.201 e. The van der Waals surface area contributed by atoms with Gasteiger partial charge in [0.2, 0.25) is 5.82 Å². The number of benzene rings is 2. The normalized spacial score (nSPS) is 24.2. The van der Waals surface area contributed by atoms with Crippen LogP contribution in [0.4, 0.5) is 17.6 Å². The van der Waals surface area contributed by atoms with Crippen LogP contribution in [-0.4, -0.2) is 29.1 Å². The Morgan fingerprint density at radius 3 is 2.18 bits per heavy atom. The summed E-state index contributed by atoms with van der Waals surface area (Å²) in [6, 6.07) is 5.41. The van der Waals surface area contributed by atoms with Gasteiger partial charge in [0, 0.05) is 21.9 Å². The van der Waals surface area contributed by atoms with E-state index in [4.69, 9.17) is 4.74 Å². The van der Waals surface area contributed by atoms with E-state index in [0.29, 0.717) is 18.3 Å². The molecule has 208 valence electrons. The fraction of sp³-hybridized carbons (Fsp3) is 0.533. The summed E-state index contributed by atoms with van der Waals surface area (Å²) in [6.07, 6.45) is 10.8. The van der Waals surface area contributed by atoms with Gasteiger partial charge in [0.1, 0.15) is 0 Å². The molecule has 0 radical (unpaired) electrons. The van der Waals surface area contributed by atoms with Gasteiger partial charge in [-0.3, -0.25) is 0 Å². The van der Waals surface area contributed by atoms with Crippen molar-refractivity contribution in [2.45, 2.75) is 62.2 Å². The highest BCUT2D eigenvalue weighted by Gasteiger charge is 2.34. The molecule has 1 unspecified atom stereocenters. The van der Waals surface area contributed by atoms with Gasteiger partial charge < -0.3 is 4.74 Å². The summed E-state index contributed by atoms with van der Waals surface area (Å²) in [5, 5.41) is 0.748. The highest BCUT2D eigenvalue weighted by molar-refractivity contribution is 8.16. The number of thioether (sulfide) groups is 3. The first kappa shape index (κ1) is 29.7. The van der Waals surface area contributed by atoms with Gasteiger partial charge in [-0.15, -0.1) is 23.5 Å². The van der Waals surface area contributed by atoms with Gasteiger partial charge in [-0.1, -0.05) is 37.6 Å². The Morgan fingerprint density at radius 1 is 0.842 bits per heavy atom. The van der Waals surface area contributed by atoms with Crippen LogP contribution in [0.1, 0.15) is 62.5 Å². The predicted octanol–water partition coefficient (Wildman–Crippen LogP) is 10.1. The molecule has 0 bridgehead atoms. The average molecular weight is 585 g/mol. The number of halogens is 4. The van der Waals surface area contributed by atoms with Crippen molar-refractivity contribution in [2.24, 2.45) is 11.8 Å². The topological polar surface area (TPSA) is 9.23 Å². The lowest BCUT2D eigenvalue weighted by Gasteiger charge is -2.37. The number of unbranched alkanes of at least 4 members (excludes halogenated alkanes) is 1. The van der Waals surface area contributed by atoms with E-state index in [1.807, 2.05) is 6.92 Å². The largest absolute Gasteiger partial charge is 0.490 e. The van der Waals surface area contributed by atoms with Crippen molar-refractivity contribution >= 4 is 35.3 Å². The summed E-state index contributed by atoms with van der Waals surface area (Å²) >= 11 is 5.43. The second kappa shape index (κ2) is 14.4. The van der Waals surface area contributed by atoms with Gasteiger partial charge in [0.05, 0.1) is 11.2 Å². The minimum Gasteiger partial charge on any atom is -0.490 e. The Morgan fingerprint density at radius 2 is 1.53 bits per heavy atom. The third-order valence-electron chi connectivity index (χ3n) is 7.35. The zero-order chi connectivity index (χ0) is 27.1. The molecule has 8 heteroatoms. The van der Waals surface area contributed by atoms with Gasteiger partial charge in [-0.2, -0.15) is 16.2 Å². The second-order valence-electron chi connectivity index (χ2n) is 9.97. The van der Waals surface area contributed by atoms with Crippen LogP contribution in [0.5, 0.6) is 5.75 Å². The van der Waals surface area contributed by atoms with Crippen LogP contribution in [0.3, 0.4) is 0 Å². The highest BCUT2D eigenvalue weighted by Crippen LogP contribution is 2.50. The fourth-order valence-electron chi connectivity index (χ4n) is 4.98. The zero-order valence-electron chi connectivity index (χ0n) is 22.0. The molecule has 0 aromatic heterocycles. The molecule has 0 saturated carbocycles. The van der Waals surface area contributed by atoms with Crippen LogP contribution in [0.2, 0.25) is 0 Å². The van der Waals surface area contributed by atoms with E-state index in [-0.39, 0.29) is 33.6 Å². The van der Waals surface area contributed by atoms with Crippen LogP contribution in [0, 0.1) is 35.1 Å². The monoisotopic (exact) mass is 584 g/mol. The Labute approximate surface area is 237 Å². The van der Waals surface area contributed by atoms with Gasteiger partial charge in [-0.05, 0) is 80.3 Å². The lowest BCUT2D eigenvalue weighted by Crippen LogP contribution is -2.29. The number of rotatable bonds is 10. The van der Waals surface area contributed by atoms with Crippen LogP contribution < -0.4 is 4.74 Å². The van der Waals surface area contributed by atoms with Crippen LogP contribution in [0.25, 0.3) is 11.1 Å². The van der Waals surface area contributed by atoms with Crippen molar-refractivity contribution in [3.05, 3.63) is 65.2 Å². The van der Waals surface area contributed by atoms with Gasteiger partial charge in [0.15, 0.2) is 23.2 Å². The molecule has 2 aromatic rings. The molecule has 38 heavy (non-hydrogen) atoms. The summed E-state index contributed by atoms with van der Waals surface area (Å²) < 4.78 is 64.8. The Kier molecular flexibility index (Phi) is 11.3. The van der Waals surface area contributed by atoms with E-state index in [9.17, 15) is 8.78 Å². The first-order valence-corrected chi connectivity index (χ1v) is 16.6. The van der Waals surface area contributed by atoms with Crippen LogP contribution in [-0.2, 0) is 0 Å². The van der Waals surface area contributed by atoms with Gasteiger partial charge in [-0.25, -0.2) is 13.2 Å². The van der Waals surface area contributed by atoms with Crippen molar-refractivity contribution < 1.29 is 22.3 Å². The number of ether oxygens (including phenoxy) is 1. The SMILES string of the molecule is C/C=C/CCC1CC[C@@H](C2CSC(c3ccc(-c4ccc(OCCCC)c(F)c4F)c(F)c3F)SC2)CS1.